The van der Waals surface area contributed by atoms with Crippen LogP contribution in [0, 0.1) is 6.92 Å². The molecule has 0 saturated heterocycles. The first-order chi connectivity index (χ1) is 6.09. The summed E-state index contributed by atoms with van der Waals surface area (Å²) < 4.78 is 0. The van der Waals surface area contributed by atoms with Crippen LogP contribution in [-0.2, 0) is 0 Å². The fourth-order valence-electron chi connectivity index (χ4n) is 1.07. The van der Waals surface area contributed by atoms with Gasteiger partial charge in [-0.25, -0.2) is 0 Å². The third kappa shape index (κ3) is 2.82. The predicted molar refractivity (Wildman–Crippen MR) is 58.9 cm³/mol. The Morgan fingerprint density at radius 3 is 2.85 bits per heavy atom. The van der Waals surface area contributed by atoms with Crippen LogP contribution in [-0.4, -0.2) is 6.54 Å². The first kappa shape index (κ1) is 9.65. The molecule has 1 rings (SSSR count). The molecule has 1 aromatic carbocycles. The van der Waals surface area contributed by atoms with E-state index in [-0.39, 0.29) is 0 Å². The SMILES string of the molecule is C=C(C)CNc1cc(C)ccc1N. The Bertz CT molecular complexity index is 316. The summed E-state index contributed by atoms with van der Waals surface area (Å²) in [6, 6.07) is 5.95. The summed E-state index contributed by atoms with van der Waals surface area (Å²) in [4.78, 5) is 0. The van der Waals surface area contributed by atoms with Crippen LogP contribution >= 0.6 is 0 Å². The molecule has 0 bridgehead atoms. The molecule has 0 unspecified atom stereocenters. The largest absolute Gasteiger partial charge is 0.397 e. The first-order valence-corrected chi connectivity index (χ1v) is 4.34. The molecular weight excluding hydrogens is 160 g/mol. The summed E-state index contributed by atoms with van der Waals surface area (Å²) in [7, 11) is 0. The molecule has 2 nitrogen and oxygen atoms in total. The van der Waals surface area contributed by atoms with Gasteiger partial charge in [0.25, 0.3) is 0 Å². The Morgan fingerprint density at radius 2 is 2.23 bits per heavy atom. The molecule has 13 heavy (non-hydrogen) atoms. The Hall–Kier alpha value is -1.44. The summed E-state index contributed by atoms with van der Waals surface area (Å²) in [6.45, 7) is 8.62. The summed E-state index contributed by atoms with van der Waals surface area (Å²) in [5.74, 6) is 0. The van der Waals surface area contributed by atoms with Gasteiger partial charge in [0.2, 0.25) is 0 Å². The van der Waals surface area contributed by atoms with Crippen molar-refractivity contribution >= 4 is 11.4 Å². The second-order valence-corrected chi connectivity index (χ2v) is 3.40. The molecule has 0 aliphatic rings. The third-order valence-electron chi connectivity index (χ3n) is 1.79. The second kappa shape index (κ2) is 3.99. The van der Waals surface area contributed by atoms with Gasteiger partial charge in [0.15, 0.2) is 0 Å². The fraction of sp³-hybridized carbons (Fsp3) is 0.273. The molecule has 3 N–H and O–H groups in total. The standard InChI is InChI=1S/C11H16N2/c1-8(2)7-13-11-6-9(3)4-5-10(11)12/h4-6,13H,1,7,12H2,2-3H3. The van der Waals surface area contributed by atoms with E-state index in [4.69, 9.17) is 5.73 Å². The van der Waals surface area contributed by atoms with Gasteiger partial charge in [0.05, 0.1) is 11.4 Å². The van der Waals surface area contributed by atoms with Crippen molar-refractivity contribution < 1.29 is 0 Å². The average Bonchev–Trinajstić information content (AvgIpc) is 2.06. The third-order valence-corrected chi connectivity index (χ3v) is 1.79. The zero-order valence-corrected chi connectivity index (χ0v) is 8.22. The average molecular weight is 176 g/mol. The van der Waals surface area contributed by atoms with Crippen molar-refractivity contribution in [3.05, 3.63) is 35.9 Å². The van der Waals surface area contributed by atoms with Crippen molar-refractivity contribution in [1.29, 1.82) is 0 Å². The Labute approximate surface area is 79.5 Å². The number of benzene rings is 1. The van der Waals surface area contributed by atoms with E-state index in [0.29, 0.717) is 0 Å². The number of anilines is 2. The minimum atomic E-state index is 0.771. The lowest BCUT2D eigenvalue weighted by Crippen LogP contribution is -2.04. The highest BCUT2D eigenvalue weighted by Crippen LogP contribution is 2.19. The van der Waals surface area contributed by atoms with Crippen LogP contribution in [0.2, 0.25) is 0 Å². The second-order valence-electron chi connectivity index (χ2n) is 3.40. The highest BCUT2D eigenvalue weighted by molar-refractivity contribution is 5.67. The molecule has 0 radical (unpaired) electrons. The minimum absolute atomic E-state index is 0.771. The van der Waals surface area contributed by atoms with Gasteiger partial charge in [0, 0.05) is 6.54 Å². The molecule has 0 atom stereocenters. The van der Waals surface area contributed by atoms with Gasteiger partial charge < -0.3 is 11.1 Å². The molecule has 0 aliphatic carbocycles. The molecule has 0 amide bonds. The number of aryl methyl sites for hydroxylation is 1. The first-order valence-electron chi connectivity index (χ1n) is 4.34. The summed E-state index contributed by atoms with van der Waals surface area (Å²) in [6.07, 6.45) is 0. The number of hydrogen-bond donors (Lipinski definition) is 2. The minimum Gasteiger partial charge on any atom is -0.397 e. The van der Waals surface area contributed by atoms with Crippen LogP contribution in [0.1, 0.15) is 12.5 Å². The van der Waals surface area contributed by atoms with Crippen LogP contribution in [0.15, 0.2) is 30.4 Å². The maximum atomic E-state index is 5.78. The van der Waals surface area contributed by atoms with Gasteiger partial charge >= 0.3 is 0 Å². The van der Waals surface area contributed by atoms with Gasteiger partial charge in [-0.05, 0) is 31.5 Å². The van der Waals surface area contributed by atoms with E-state index in [1.165, 1.54) is 5.56 Å². The maximum Gasteiger partial charge on any atom is 0.0579 e. The number of nitrogens with one attached hydrogen (secondary N) is 1. The van der Waals surface area contributed by atoms with Crippen LogP contribution in [0.4, 0.5) is 11.4 Å². The van der Waals surface area contributed by atoms with E-state index in [0.717, 1.165) is 23.5 Å². The molecule has 0 saturated carbocycles. The summed E-state index contributed by atoms with van der Waals surface area (Å²) in [5, 5.41) is 3.23. The Morgan fingerprint density at radius 1 is 1.54 bits per heavy atom. The van der Waals surface area contributed by atoms with Crippen molar-refractivity contribution in [2.24, 2.45) is 0 Å². The molecule has 0 aliphatic heterocycles. The summed E-state index contributed by atoms with van der Waals surface area (Å²) in [5.41, 5.74) is 9.86. The smallest absolute Gasteiger partial charge is 0.0579 e. The lowest BCUT2D eigenvalue weighted by Gasteiger charge is -2.09. The molecule has 1 aromatic rings. The number of rotatable bonds is 3. The van der Waals surface area contributed by atoms with Crippen LogP contribution < -0.4 is 11.1 Å². The maximum absolute atomic E-state index is 5.78. The normalized spacial score (nSPS) is 9.69. The predicted octanol–water partition coefficient (Wildman–Crippen LogP) is 2.57. The van der Waals surface area contributed by atoms with E-state index in [1.54, 1.807) is 0 Å². The molecule has 0 aromatic heterocycles. The Kier molecular flexibility index (Phi) is 2.96. The van der Waals surface area contributed by atoms with Crippen LogP contribution in [0.3, 0.4) is 0 Å². The van der Waals surface area contributed by atoms with E-state index < -0.39 is 0 Å². The van der Waals surface area contributed by atoms with E-state index in [1.807, 2.05) is 32.0 Å². The van der Waals surface area contributed by atoms with Crippen molar-refractivity contribution in [2.75, 3.05) is 17.6 Å². The van der Waals surface area contributed by atoms with E-state index in [2.05, 4.69) is 11.9 Å². The molecule has 0 heterocycles. The molecule has 2 heteroatoms. The number of nitrogen functional groups attached to an aromatic ring is 1. The highest BCUT2D eigenvalue weighted by Gasteiger charge is 1.97. The van der Waals surface area contributed by atoms with Gasteiger partial charge in [-0.1, -0.05) is 18.2 Å². The molecule has 0 spiro atoms. The monoisotopic (exact) mass is 176 g/mol. The molecule has 70 valence electrons. The number of nitrogens with two attached hydrogens (primary N) is 1. The van der Waals surface area contributed by atoms with Crippen LogP contribution in [0.25, 0.3) is 0 Å². The van der Waals surface area contributed by atoms with E-state index in [9.17, 15) is 0 Å². The van der Waals surface area contributed by atoms with Gasteiger partial charge in [-0.15, -0.1) is 0 Å². The van der Waals surface area contributed by atoms with Crippen molar-refractivity contribution in [2.45, 2.75) is 13.8 Å². The van der Waals surface area contributed by atoms with Gasteiger partial charge in [-0.3, -0.25) is 0 Å². The lowest BCUT2D eigenvalue weighted by atomic mass is 10.2. The molecular formula is C11H16N2. The van der Waals surface area contributed by atoms with Gasteiger partial charge in [-0.2, -0.15) is 0 Å². The fourth-order valence-corrected chi connectivity index (χ4v) is 1.07. The topological polar surface area (TPSA) is 38.0 Å². The zero-order chi connectivity index (χ0) is 9.84. The highest BCUT2D eigenvalue weighted by atomic mass is 14.9. The van der Waals surface area contributed by atoms with Crippen molar-refractivity contribution in [3.8, 4) is 0 Å². The quantitative estimate of drug-likeness (QED) is 0.548. The van der Waals surface area contributed by atoms with Crippen LogP contribution in [0.5, 0.6) is 0 Å². The van der Waals surface area contributed by atoms with Crippen molar-refractivity contribution in [3.63, 3.8) is 0 Å². The number of hydrogen-bond acceptors (Lipinski definition) is 2. The van der Waals surface area contributed by atoms with Gasteiger partial charge in [0.1, 0.15) is 0 Å². The molecule has 0 fully saturated rings. The summed E-state index contributed by atoms with van der Waals surface area (Å²) >= 11 is 0. The zero-order valence-electron chi connectivity index (χ0n) is 8.22. The van der Waals surface area contributed by atoms with E-state index >= 15 is 0 Å². The lowest BCUT2D eigenvalue weighted by molar-refractivity contribution is 1.21. The van der Waals surface area contributed by atoms with Crippen molar-refractivity contribution in [1.82, 2.24) is 0 Å². The Balaban J connectivity index is 2.75.